The van der Waals surface area contributed by atoms with Gasteiger partial charge in [-0.1, -0.05) is 59.7 Å². The molecule has 0 unspecified atom stereocenters. The molecule has 0 bridgehead atoms. The number of benzene rings is 2. The molecule has 0 saturated carbocycles. The normalized spacial score (nSPS) is 22.3. The third-order valence-electron chi connectivity index (χ3n) is 5.33. The van der Waals surface area contributed by atoms with Gasteiger partial charge in [0.15, 0.2) is 0 Å². The maximum atomic E-state index is 12.8. The molecule has 0 spiro atoms. The van der Waals surface area contributed by atoms with Gasteiger partial charge in [0.2, 0.25) is 0 Å². The molecule has 1 aliphatic rings. The van der Waals surface area contributed by atoms with Gasteiger partial charge in [-0.3, -0.25) is 4.79 Å². The zero-order chi connectivity index (χ0) is 18.9. The Balaban J connectivity index is 2.14. The highest BCUT2D eigenvalue weighted by Gasteiger charge is 2.50. The van der Waals surface area contributed by atoms with Crippen LogP contribution in [0, 0.1) is 19.3 Å². The molecule has 2 atom stereocenters. The minimum atomic E-state index is -0.736. The summed E-state index contributed by atoms with van der Waals surface area (Å²) in [6.45, 7) is 9.08. The maximum Gasteiger partial charge on any atom is 0.317 e. The molecule has 0 fully saturated rings. The molecule has 0 aliphatic carbocycles. The lowest BCUT2D eigenvalue weighted by atomic mass is 9.80. The number of hydrogen-bond acceptors (Lipinski definition) is 3. The molecule has 1 aliphatic heterocycles. The lowest BCUT2D eigenvalue weighted by Crippen LogP contribution is -2.37. The Kier molecular flexibility index (Phi) is 4.90. The number of aryl methyl sites for hydroxylation is 2. The molecule has 136 valence electrons. The van der Waals surface area contributed by atoms with Crippen molar-refractivity contribution in [2.45, 2.75) is 33.7 Å². The smallest absolute Gasteiger partial charge is 0.317 e. The molecule has 0 aromatic heterocycles. The van der Waals surface area contributed by atoms with Crippen molar-refractivity contribution in [3.8, 4) is 0 Å². The number of ether oxygens (including phenoxy) is 1. The third kappa shape index (κ3) is 3.03. The van der Waals surface area contributed by atoms with Gasteiger partial charge in [0.05, 0.1) is 13.2 Å². The predicted molar refractivity (Wildman–Crippen MR) is 106 cm³/mol. The molecular formula is C23H27NO2. The van der Waals surface area contributed by atoms with E-state index < -0.39 is 5.41 Å². The topological polar surface area (TPSA) is 29.5 Å². The number of carbonyl (C=O) groups excluding carboxylic acids is 1. The van der Waals surface area contributed by atoms with E-state index >= 15 is 0 Å². The van der Waals surface area contributed by atoms with E-state index in [-0.39, 0.29) is 12.0 Å². The fourth-order valence-electron chi connectivity index (χ4n) is 3.90. The fourth-order valence-corrected chi connectivity index (χ4v) is 3.90. The van der Waals surface area contributed by atoms with Gasteiger partial charge < -0.3 is 9.64 Å². The first kappa shape index (κ1) is 18.2. The van der Waals surface area contributed by atoms with Gasteiger partial charge in [-0.05, 0) is 44.9 Å². The lowest BCUT2D eigenvalue weighted by Gasteiger charge is -2.36. The van der Waals surface area contributed by atoms with E-state index in [0.717, 1.165) is 23.4 Å². The van der Waals surface area contributed by atoms with E-state index in [4.69, 9.17) is 4.74 Å². The highest BCUT2D eigenvalue weighted by molar-refractivity contribution is 5.86. The molecule has 26 heavy (non-hydrogen) atoms. The second-order valence-corrected chi connectivity index (χ2v) is 7.27. The quantitative estimate of drug-likeness (QED) is 0.735. The van der Waals surface area contributed by atoms with Gasteiger partial charge in [-0.2, -0.15) is 0 Å². The fraction of sp³-hybridized carbons (Fsp3) is 0.348. The SMILES string of the molecule is CCN1C(c2ccc(C)cc2)=C[C@@](C)(C(=O)OC)[C@@H]1c1ccc(C)cc1. The first-order valence-electron chi connectivity index (χ1n) is 9.12. The third-order valence-corrected chi connectivity index (χ3v) is 5.33. The molecule has 0 amide bonds. The summed E-state index contributed by atoms with van der Waals surface area (Å²) in [6, 6.07) is 16.8. The molecule has 0 saturated heterocycles. The average molecular weight is 349 g/mol. The molecule has 3 heteroatoms. The summed E-state index contributed by atoms with van der Waals surface area (Å²) in [4.78, 5) is 15.1. The van der Waals surface area contributed by atoms with Gasteiger partial charge in [0.1, 0.15) is 5.41 Å². The Morgan fingerprint density at radius 2 is 1.58 bits per heavy atom. The van der Waals surface area contributed by atoms with E-state index in [9.17, 15) is 4.79 Å². The van der Waals surface area contributed by atoms with Crippen molar-refractivity contribution in [1.29, 1.82) is 0 Å². The number of methoxy groups -OCH3 is 1. The molecule has 0 radical (unpaired) electrons. The summed E-state index contributed by atoms with van der Waals surface area (Å²) in [5, 5.41) is 0. The minimum absolute atomic E-state index is 0.0862. The van der Waals surface area contributed by atoms with Crippen LogP contribution in [-0.4, -0.2) is 24.5 Å². The van der Waals surface area contributed by atoms with E-state index in [1.54, 1.807) is 0 Å². The second-order valence-electron chi connectivity index (χ2n) is 7.27. The van der Waals surface area contributed by atoms with E-state index in [2.05, 4.69) is 80.3 Å². The van der Waals surface area contributed by atoms with Crippen LogP contribution in [0.1, 0.15) is 42.1 Å². The summed E-state index contributed by atoms with van der Waals surface area (Å²) < 4.78 is 5.20. The van der Waals surface area contributed by atoms with Crippen molar-refractivity contribution in [2.24, 2.45) is 5.41 Å². The summed E-state index contributed by atoms with van der Waals surface area (Å²) in [6.07, 6.45) is 2.08. The first-order chi connectivity index (χ1) is 12.4. The molecule has 1 heterocycles. The summed E-state index contributed by atoms with van der Waals surface area (Å²) in [5.41, 5.74) is 5.04. The van der Waals surface area contributed by atoms with Gasteiger partial charge in [-0.25, -0.2) is 0 Å². The highest BCUT2D eigenvalue weighted by Crippen LogP contribution is 2.51. The van der Waals surface area contributed by atoms with Crippen LogP contribution in [-0.2, 0) is 9.53 Å². The molecule has 2 aromatic rings. The Morgan fingerprint density at radius 1 is 1.04 bits per heavy atom. The summed E-state index contributed by atoms with van der Waals surface area (Å²) in [7, 11) is 1.47. The zero-order valence-electron chi connectivity index (χ0n) is 16.2. The average Bonchev–Trinajstić information content (AvgIpc) is 2.96. The van der Waals surface area contributed by atoms with Crippen LogP contribution in [0.4, 0.5) is 0 Å². The van der Waals surface area contributed by atoms with Gasteiger partial charge in [0, 0.05) is 12.2 Å². The van der Waals surface area contributed by atoms with Crippen molar-refractivity contribution in [3.05, 3.63) is 76.9 Å². The van der Waals surface area contributed by atoms with Crippen LogP contribution in [0.5, 0.6) is 0 Å². The molecule has 3 nitrogen and oxygen atoms in total. The standard InChI is InChI=1S/C23H27NO2/c1-6-24-20(18-11-7-16(2)8-12-18)15-23(4,22(25)26-5)21(24)19-13-9-17(3)10-14-19/h7-15,21H,6H2,1-5H3/t21-,23+/m0/s1. The monoisotopic (exact) mass is 349 g/mol. The molecule has 0 N–H and O–H groups in total. The van der Waals surface area contributed by atoms with Crippen molar-refractivity contribution in [3.63, 3.8) is 0 Å². The number of nitrogens with zero attached hydrogens (tertiary/aromatic N) is 1. The Morgan fingerprint density at radius 3 is 2.08 bits per heavy atom. The van der Waals surface area contributed by atoms with Crippen molar-refractivity contribution >= 4 is 11.7 Å². The van der Waals surface area contributed by atoms with Crippen LogP contribution in [0.25, 0.3) is 5.70 Å². The molecule has 2 aromatic carbocycles. The Bertz CT molecular complexity index is 820. The summed E-state index contributed by atoms with van der Waals surface area (Å²) in [5.74, 6) is -0.205. The van der Waals surface area contributed by atoms with E-state index in [0.29, 0.717) is 0 Å². The maximum absolute atomic E-state index is 12.8. The zero-order valence-corrected chi connectivity index (χ0v) is 16.2. The van der Waals surface area contributed by atoms with Crippen LogP contribution in [0.15, 0.2) is 54.6 Å². The van der Waals surface area contributed by atoms with Crippen LogP contribution in [0.2, 0.25) is 0 Å². The van der Waals surface area contributed by atoms with Gasteiger partial charge in [-0.15, -0.1) is 0 Å². The first-order valence-corrected chi connectivity index (χ1v) is 9.12. The molecule has 3 rings (SSSR count). The lowest BCUT2D eigenvalue weighted by molar-refractivity contribution is -0.151. The van der Waals surface area contributed by atoms with Crippen molar-refractivity contribution < 1.29 is 9.53 Å². The minimum Gasteiger partial charge on any atom is -0.468 e. The van der Waals surface area contributed by atoms with Crippen LogP contribution in [0.3, 0.4) is 0 Å². The largest absolute Gasteiger partial charge is 0.468 e. The number of esters is 1. The van der Waals surface area contributed by atoms with Crippen LogP contribution >= 0.6 is 0 Å². The predicted octanol–water partition coefficient (Wildman–Crippen LogP) is 4.90. The number of hydrogen-bond donors (Lipinski definition) is 0. The Labute approximate surface area is 156 Å². The van der Waals surface area contributed by atoms with Crippen molar-refractivity contribution in [2.75, 3.05) is 13.7 Å². The number of rotatable bonds is 4. The summed E-state index contributed by atoms with van der Waals surface area (Å²) >= 11 is 0. The van der Waals surface area contributed by atoms with Gasteiger partial charge in [0.25, 0.3) is 0 Å². The van der Waals surface area contributed by atoms with Gasteiger partial charge >= 0.3 is 5.97 Å². The second kappa shape index (κ2) is 6.99. The number of carbonyl (C=O) groups is 1. The van der Waals surface area contributed by atoms with Crippen LogP contribution < -0.4 is 0 Å². The van der Waals surface area contributed by atoms with E-state index in [1.165, 1.54) is 18.2 Å². The highest BCUT2D eigenvalue weighted by atomic mass is 16.5. The Hall–Kier alpha value is -2.55. The van der Waals surface area contributed by atoms with E-state index in [1.807, 2.05) is 6.92 Å². The molecular weight excluding hydrogens is 322 g/mol. The van der Waals surface area contributed by atoms with Crippen molar-refractivity contribution in [1.82, 2.24) is 4.90 Å².